The molecule has 3 aromatic rings. The van der Waals surface area contributed by atoms with Gasteiger partial charge in [0.15, 0.2) is 0 Å². The number of aliphatic hydroxyl groups is 1. The molecule has 1 N–H and O–H groups in total. The Bertz CT molecular complexity index is 1120. The van der Waals surface area contributed by atoms with Gasteiger partial charge in [0.25, 0.3) is 0 Å². The lowest BCUT2D eigenvalue weighted by atomic mass is 9.91. The molecule has 1 fully saturated rings. The third-order valence-electron chi connectivity index (χ3n) is 4.95. The molecule has 0 radical (unpaired) electrons. The largest absolute Gasteiger partial charge is 0.458 e. The topological polar surface area (TPSA) is 90.1 Å². The number of aryl methyl sites for hydroxylation is 1. The van der Waals surface area contributed by atoms with Crippen LogP contribution in [0.5, 0.6) is 0 Å². The summed E-state index contributed by atoms with van der Waals surface area (Å²) in [5.41, 5.74) is 2.40. The first-order chi connectivity index (χ1) is 15.4. The number of aromatic nitrogens is 4. The van der Waals surface area contributed by atoms with Gasteiger partial charge in [-0.15, -0.1) is 10.2 Å². The van der Waals surface area contributed by atoms with Crippen LogP contribution in [0, 0.1) is 11.6 Å². The Morgan fingerprint density at radius 2 is 1.69 bits per heavy atom. The standard InChI is InChI=1S/C23H20F2N4O3/c1-29-27-23(26-28-29)20(11-10-19-12-18(30)13-21(31)32-19)22(14-2-6-16(24)7-3-14)15-4-8-17(25)9-5-15/h2-11,18-19,30H,12-13H2,1H3. The molecule has 0 amide bonds. The van der Waals surface area contributed by atoms with E-state index in [9.17, 15) is 18.7 Å². The second-order valence-electron chi connectivity index (χ2n) is 7.39. The Balaban J connectivity index is 1.89. The molecule has 0 aliphatic carbocycles. The number of rotatable bonds is 5. The van der Waals surface area contributed by atoms with Crippen molar-refractivity contribution in [2.24, 2.45) is 7.05 Å². The van der Waals surface area contributed by atoms with Crippen molar-refractivity contribution in [3.05, 3.63) is 89.3 Å². The van der Waals surface area contributed by atoms with E-state index in [4.69, 9.17) is 4.74 Å². The van der Waals surface area contributed by atoms with Gasteiger partial charge in [-0.2, -0.15) is 4.80 Å². The van der Waals surface area contributed by atoms with Gasteiger partial charge in [0.05, 0.1) is 19.6 Å². The van der Waals surface area contributed by atoms with Crippen molar-refractivity contribution in [2.45, 2.75) is 25.0 Å². The maximum absolute atomic E-state index is 13.6. The van der Waals surface area contributed by atoms with Crippen molar-refractivity contribution in [2.75, 3.05) is 0 Å². The van der Waals surface area contributed by atoms with E-state index in [-0.39, 0.29) is 18.7 Å². The van der Waals surface area contributed by atoms with Gasteiger partial charge >= 0.3 is 5.97 Å². The highest BCUT2D eigenvalue weighted by Crippen LogP contribution is 2.32. The molecular weight excluding hydrogens is 418 g/mol. The van der Waals surface area contributed by atoms with Crippen LogP contribution in [-0.4, -0.2) is 43.5 Å². The number of hydrogen-bond donors (Lipinski definition) is 1. The third kappa shape index (κ3) is 4.94. The molecule has 4 rings (SSSR count). The van der Waals surface area contributed by atoms with Crippen molar-refractivity contribution in [3.63, 3.8) is 0 Å². The maximum atomic E-state index is 13.6. The molecule has 1 aliphatic heterocycles. The zero-order chi connectivity index (χ0) is 22.7. The predicted molar refractivity (Wildman–Crippen MR) is 112 cm³/mol. The van der Waals surface area contributed by atoms with Crippen LogP contribution < -0.4 is 0 Å². The molecule has 0 saturated carbocycles. The number of nitrogens with zero attached hydrogens (tertiary/aromatic N) is 4. The van der Waals surface area contributed by atoms with Gasteiger partial charge in [0.2, 0.25) is 5.82 Å². The quantitative estimate of drug-likeness (QED) is 0.487. The van der Waals surface area contributed by atoms with E-state index in [0.29, 0.717) is 22.3 Å². The van der Waals surface area contributed by atoms with E-state index in [1.54, 1.807) is 43.5 Å². The molecule has 2 unspecified atom stereocenters. The lowest BCUT2D eigenvalue weighted by Gasteiger charge is -2.23. The molecule has 7 nitrogen and oxygen atoms in total. The van der Waals surface area contributed by atoms with Gasteiger partial charge in [0.1, 0.15) is 17.7 Å². The number of tetrazole rings is 1. The molecule has 2 atom stereocenters. The number of benzene rings is 2. The van der Waals surface area contributed by atoms with Crippen LogP contribution in [0.3, 0.4) is 0 Å². The molecule has 1 aromatic heterocycles. The first-order valence-electron chi connectivity index (χ1n) is 9.95. The number of aliphatic hydroxyl groups excluding tert-OH is 1. The van der Waals surface area contributed by atoms with Gasteiger partial charge in [-0.1, -0.05) is 30.3 Å². The van der Waals surface area contributed by atoms with Crippen LogP contribution in [-0.2, 0) is 16.6 Å². The summed E-state index contributed by atoms with van der Waals surface area (Å²) in [5.74, 6) is -1.01. The van der Waals surface area contributed by atoms with Gasteiger partial charge in [0, 0.05) is 17.6 Å². The normalized spacial score (nSPS) is 18.6. The van der Waals surface area contributed by atoms with E-state index < -0.39 is 29.8 Å². The summed E-state index contributed by atoms with van der Waals surface area (Å²) in [6, 6.07) is 11.7. The number of cyclic esters (lactones) is 1. The zero-order valence-electron chi connectivity index (χ0n) is 17.2. The van der Waals surface area contributed by atoms with Crippen LogP contribution in [0.15, 0.2) is 60.7 Å². The fraction of sp³-hybridized carbons (Fsp3) is 0.217. The minimum Gasteiger partial charge on any atom is -0.458 e. The lowest BCUT2D eigenvalue weighted by Crippen LogP contribution is -2.31. The molecule has 2 aromatic carbocycles. The number of allylic oxidation sites excluding steroid dienone is 2. The second-order valence-corrected chi connectivity index (χ2v) is 7.39. The first-order valence-corrected chi connectivity index (χ1v) is 9.95. The summed E-state index contributed by atoms with van der Waals surface area (Å²) < 4.78 is 32.5. The summed E-state index contributed by atoms with van der Waals surface area (Å²) in [6.07, 6.45) is 2.09. The third-order valence-corrected chi connectivity index (χ3v) is 4.95. The summed E-state index contributed by atoms with van der Waals surface area (Å²) in [4.78, 5) is 13.0. The Kier molecular flexibility index (Phi) is 6.18. The minimum atomic E-state index is -0.790. The number of ether oxygens (including phenoxy) is 1. The smallest absolute Gasteiger partial charge is 0.309 e. The van der Waals surface area contributed by atoms with Crippen LogP contribution in [0.4, 0.5) is 8.78 Å². The van der Waals surface area contributed by atoms with E-state index in [1.807, 2.05) is 0 Å². The zero-order valence-corrected chi connectivity index (χ0v) is 17.2. The van der Waals surface area contributed by atoms with Crippen molar-refractivity contribution in [1.82, 2.24) is 20.2 Å². The first kappa shape index (κ1) is 21.5. The fourth-order valence-electron chi connectivity index (χ4n) is 3.50. The number of halogens is 2. The van der Waals surface area contributed by atoms with Crippen LogP contribution in [0.25, 0.3) is 11.1 Å². The van der Waals surface area contributed by atoms with Crippen molar-refractivity contribution in [3.8, 4) is 0 Å². The average molecular weight is 438 g/mol. The summed E-state index contributed by atoms with van der Waals surface area (Å²) in [6.45, 7) is 0. The van der Waals surface area contributed by atoms with Crippen molar-refractivity contribution >= 4 is 17.1 Å². The highest BCUT2D eigenvalue weighted by atomic mass is 19.1. The molecular formula is C23H20F2N4O3. The fourth-order valence-corrected chi connectivity index (χ4v) is 3.50. The summed E-state index contributed by atoms with van der Waals surface area (Å²) in [7, 11) is 1.62. The highest BCUT2D eigenvalue weighted by Gasteiger charge is 2.26. The Morgan fingerprint density at radius 1 is 1.09 bits per heavy atom. The summed E-state index contributed by atoms with van der Waals surface area (Å²) >= 11 is 0. The van der Waals surface area contributed by atoms with E-state index in [1.165, 1.54) is 29.1 Å². The molecule has 2 heterocycles. The molecule has 1 saturated heterocycles. The average Bonchev–Trinajstić information content (AvgIpc) is 3.18. The number of carbonyl (C=O) groups is 1. The maximum Gasteiger partial charge on any atom is 0.309 e. The molecule has 0 bridgehead atoms. The SMILES string of the molecule is Cn1nnc(C(C=CC2CC(O)CC(=O)O2)=C(c2ccc(F)cc2)c2ccc(F)cc2)n1. The van der Waals surface area contributed by atoms with Crippen LogP contribution in [0.2, 0.25) is 0 Å². The monoisotopic (exact) mass is 438 g/mol. The Morgan fingerprint density at radius 3 is 2.19 bits per heavy atom. The molecule has 164 valence electrons. The minimum absolute atomic E-state index is 0.0465. The van der Waals surface area contributed by atoms with Gasteiger partial charge < -0.3 is 9.84 Å². The van der Waals surface area contributed by atoms with Crippen molar-refractivity contribution in [1.29, 1.82) is 0 Å². The van der Waals surface area contributed by atoms with Crippen LogP contribution >= 0.6 is 0 Å². The molecule has 0 spiro atoms. The van der Waals surface area contributed by atoms with E-state index in [0.717, 1.165) is 0 Å². The lowest BCUT2D eigenvalue weighted by molar-refractivity contribution is -0.156. The molecule has 32 heavy (non-hydrogen) atoms. The van der Waals surface area contributed by atoms with Gasteiger partial charge in [-0.3, -0.25) is 4.79 Å². The van der Waals surface area contributed by atoms with Crippen molar-refractivity contribution < 1.29 is 23.4 Å². The van der Waals surface area contributed by atoms with E-state index in [2.05, 4.69) is 15.4 Å². The number of carbonyl (C=O) groups excluding carboxylic acids is 1. The predicted octanol–water partition coefficient (Wildman–Crippen LogP) is 3.07. The van der Waals surface area contributed by atoms with Crippen LogP contribution in [0.1, 0.15) is 29.8 Å². The van der Waals surface area contributed by atoms with Gasteiger partial charge in [-0.05, 0) is 46.7 Å². The Hall–Kier alpha value is -3.72. The molecule has 1 aliphatic rings. The Labute approximate surface area is 182 Å². The highest BCUT2D eigenvalue weighted by molar-refractivity contribution is 6.00. The summed E-state index contributed by atoms with van der Waals surface area (Å²) in [5, 5.41) is 22.2. The number of esters is 1. The number of hydrogen-bond acceptors (Lipinski definition) is 6. The second kappa shape index (κ2) is 9.19. The molecule has 9 heteroatoms. The van der Waals surface area contributed by atoms with Gasteiger partial charge in [-0.25, -0.2) is 8.78 Å². The van der Waals surface area contributed by atoms with E-state index >= 15 is 0 Å².